The van der Waals surface area contributed by atoms with E-state index in [0.29, 0.717) is 36.5 Å². The van der Waals surface area contributed by atoms with Crippen molar-refractivity contribution in [2.75, 3.05) is 6.61 Å². The number of ether oxygens (including phenoxy) is 3. The van der Waals surface area contributed by atoms with Gasteiger partial charge in [-0.15, -0.1) is 0 Å². The molecule has 0 bridgehead atoms. The molecular formula is C26H28O7. The third kappa shape index (κ3) is 5.48. The highest BCUT2D eigenvalue weighted by Gasteiger charge is 2.24. The normalized spacial score (nSPS) is 15.6. The predicted molar refractivity (Wildman–Crippen MR) is 122 cm³/mol. The molecule has 0 aliphatic carbocycles. The third-order valence-electron chi connectivity index (χ3n) is 5.81. The summed E-state index contributed by atoms with van der Waals surface area (Å²) in [5.74, 6) is 1.47. The molecule has 0 saturated heterocycles. The minimum atomic E-state index is -0.339. The largest absolute Gasteiger partial charge is 0.508 e. The fourth-order valence-electron chi connectivity index (χ4n) is 4.10. The molecule has 3 aromatic rings. The second-order valence-electron chi connectivity index (χ2n) is 8.21. The summed E-state index contributed by atoms with van der Waals surface area (Å²) in [5, 5.41) is 10.4. The molecule has 0 saturated carbocycles. The number of hydrogen-bond donors (Lipinski definition) is 1. The topological polar surface area (TPSA) is 95.2 Å². The minimum Gasteiger partial charge on any atom is -0.508 e. The molecule has 1 N–H and O–H groups in total. The van der Waals surface area contributed by atoms with Crippen LogP contribution in [0.25, 0.3) is 11.0 Å². The maximum Gasteiger partial charge on any atom is 0.311 e. The molecule has 1 aliphatic heterocycles. The van der Waals surface area contributed by atoms with Crippen molar-refractivity contribution >= 4 is 22.9 Å². The van der Waals surface area contributed by atoms with Crippen molar-refractivity contribution in [3.63, 3.8) is 0 Å². The first kappa shape index (κ1) is 22.7. The van der Waals surface area contributed by atoms with Crippen LogP contribution in [0.2, 0.25) is 0 Å². The molecule has 174 valence electrons. The van der Waals surface area contributed by atoms with Gasteiger partial charge in [0.15, 0.2) is 0 Å². The lowest BCUT2D eigenvalue weighted by Crippen LogP contribution is -2.17. The Balaban J connectivity index is 1.34. The zero-order chi connectivity index (χ0) is 23.4. The van der Waals surface area contributed by atoms with Crippen molar-refractivity contribution < 1.29 is 33.3 Å². The Morgan fingerprint density at radius 2 is 1.97 bits per heavy atom. The van der Waals surface area contributed by atoms with Crippen molar-refractivity contribution in [2.45, 2.75) is 58.0 Å². The van der Waals surface area contributed by atoms with E-state index in [4.69, 9.17) is 18.6 Å². The predicted octanol–water partition coefficient (Wildman–Crippen LogP) is 5.27. The number of phenolic OH excluding ortho intramolecular Hbond substituents is 1. The van der Waals surface area contributed by atoms with Crippen molar-refractivity contribution in [1.29, 1.82) is 0 Å². The van der Waals surface area contributed by atoms with Gasteiger partial charge in [0.2, 0.25) is 0 Å². The summed E-state index contributed by atoms with van der Waals surface area (Å²) in [4.78, 5) is 24.3. The van der Waals surface area contributed by atoms with E-state index in [0.717, 1.165) is 23.1 Å². The standard InChI is InChI=1S/C26H28O7/c1-3-16(15-26(29)30-4-2)24-14-18-13-21(6-9-23(18)33-24)32-25(28)10-7-20-12-17-11-19(27)5-8-22(17)31-20/h5-6,8-9,11,13-14,16,20,27H,3-4,7,10,12,15H2,1-2H3. The van der Waals surface area contributed by atoms with Crippen LogP contribution in [0.4, 0.5) is 0 Å². The summed E-state index contributed by atoms with van der Waals surface area (Å²) in [6.45, 7) is 4.14. The summed E-state index contributed by atoms with van der Waals surface area (Å²) in [7, 11) is 0. The number of carbonyl (C=O) groups is 2. The minimum absolute atomic E-state index is 0.0695. The molecule has 1 aromatic heterocycles. The number of rotatable bonds is 9. The SMILES string of the molecule is CCOC(=O)CC(CC)c1cc2cc(OC(=O)CCC3Cc4cc(O)ccc4O3)ccc2o1. The molecule has 2 atom stereocenters. The van der Waals surface area contributed by atoms with Crippen molar-refractivity contribution in [2.24, 2.45) is 0 Å². The van der Waals surface area contributed by atoms with Crippen molar-refractivity contribution in [3.8, 4) is 17.2 Å². The average molecular weight is 453 g/mol. The number of hydrogen-bond acceptors (Lipinski definition) is 7. The molecule has 7 heteroatoms. The van der Waals surface area contributed by atoms with Gasteiger partial charge in [-0.1, -0.05) is 6.92 Å². The number of carbonyl (C=O) groups excluding carboxylic acids is 2. The zero-order valence-electron chi connectivity index (χ0n) is 18.8. The zero-order valence-corrected chi connectivity index (χ0v) is 18.8. The van der Waals surface area contributed by atoms with Crippen LogP contribution in [0.1, 0.15) is 56.8 Å². The molecule has 0 fully saturated rings. The molecular weight excluding hydrogens is 424 g/mol. The van der Waals surface area contributed by atoms with E-state index >= 15 is 0 Å². The summed E-state index contributed by atoms with van der Waals surface area (Å²) in [6, 6.07) is 12.1. The number of fused-ring (bicyclic) bond motifs is 2. The van der Waals surface area contributed by atoms with Gasteiger partial charge >= 0.3 is 11.9 Å². The van der Waals surface area contributed by atoms with Crippen LogP contribution >= 0.6 is 0 Å². The Bertz CT molecular complexity index is 1150. The quantitative estimate of drug-likeness (QED) is 0.349. The number of phenols is 1. The van der Waals surface area contributed by atoms with E-state index in [1.165, 1.54) is 0 Å². The van der Waals surface area contributed by atoms with Gasteiger partial charge in [-0.25, -0.2) is 0 Å². The van der Waals surface area contributed by atoms with Gasteiger partial charge < -0.3 is 23.7 Å². The molecule has 2 aromatic carbocycles. The Morgan fingerprint density at radius 3 is 2.76 bits per heavy atom. The first-order chi connectivity index (χ1) is 15.9. The van der Waals surface area contributed by atoms with Crippen LogP contribution < -0.4 is 9.47 Å². The maximum atomic E-state index is 12.4. The summed E-state index contributed by atoms with van der Waals surface area (Å²) < 4.78 is 22.3. The lowest BCUT2D eigenvalue weighted by atomic mass is 9.99. The van der Waals surface area contributed by atoms with E-state index < -0.39 is 0 Å². The van der Waals surface area contributed by atoms with E-state index in [1.807, 2.05) is 13.0 Å². The van der Waals surface area contributed by atoms with Crippen LogP contribution in [-0.2, 0) is 20.7 Å². The fourth-order valence-corrected chi connectivity index (χ4v) is 4.10. The lowest BCUT2D eigenvalue weighted by molar-refractivity contribution is -0.143. The van der Waals surface area contributed by atoms with Gasteiger partial charge in [0.05, 0.1) is 13.0 Å². The van der Waals surface area contributed by atoms with Crippen LogP contribution in [0.5, 0.6) is 17.2 Å². The van der Waals surface area contributed by atoms with Crippen molar-refractivity contribution in [1.82, 2.24) is 0 Å². The molecule has 0 radical (unpaired) electrons. The molecule has 0 spiro atoms. The molecule has 1 aliphatic rings. The highest BCUT2D eigenvalue weighted by Crippen LogP contribution is 2.34. The summed E-state index contributed by atoms with van der Waals surface area (Å²) >= 11 is 0. The van der Waals surface area contributed by atoms with Gasteiger partial charge in [0, 0.05) is 29.7 Å². The number of aromatic hydroxyl groups is 1. The van der Waals surface area contributed by atoms with Gasteiger partial charge in [-0.3, -0.25) is 9.59 Å². The highest BCUT2D eigenvalue weighted by atomic mass is 16.5. The average Bonchev–Trinajstić information content (AvgIpc) is 3.39. The summed E-state index contributed by atoms with van der Waals surface area (Å²) in [5.41, 5.74) is 1.62. The van der Waals surface area contributed by atoms with Gasteiger partial charge in [0.25, 0.3) is 0 Å². The molecule has 2 heterocycles. The Morgan fingerprint density at radius 1 is 1.12 bits per heavy atom. The van der Waals surface area contributed by atoms with E-state index in [-0.39, 0.29) is 42.6 Å². The van der Waals surface area contributed by atoms with Crippen LogP contribution in [0.15, 0.2) is 46.9 Å². The first-order valence-corrected chi connectivity index (χ1v) is 11.3. The van der Waals surface area contributed by atoms with Crippen LogP contribution in [0.3, 0.4) is 0 Å². The highest BCUT2D eigenvalue weighted by molar-refractivity contribution is 5.81. The molecule has 0 amide bonds. The molecule has 2 unspecified atom stereocenters. The first-order valence-electron chi connectivity index (χ1n) is 11.3. The van der Waals surface area contributed by atoms with Gasteiger partial charge in [-0.05, 0) is 62.2 Å². The number of benzene rings is 2. The Labute approximate surface area is 192 Å². The lowest BCUT2D eigenvalue weighted by Gasteiger charge is -2.10. The van der Waals surface area contributed by atoms with Crippen LogP contribution in [-0.4, -0.2) is 29.8 Å². The summed E-state index contributed by atoms with van der Waals surface area (Å²) in [6.07, 6.45) is 2.30. The number of esters is 2. The molecule has 4 rings (SSSR count). The smallest absolute Gasteiger partial charge is 0.311 e. The number of furan rings is 1. The second-order valence-corrected chi connectivity index (χ2v) is 8.21. The molecule has 7 nitrogen and oxygen atoms in total. The Hall–Kier alpha value is -3.48. The van der Waals surface area contributed by atoms with E-state index in [1.54, 1.807) is 43.3 Å². The van der Waals surface area contributed by atoms with Gasteiger partial charge in [0.1, 0.15) is 34.7 Å². The van der Waals surface area contributed by atoms with Crippen LogP contribution in [0, 0.1) is 0 Å². The maximum absolute atomic E-state index is 12.4. The van der Waals surface area contributed by atoms with E-state index in [2.05, 4.69) is 0 Å². The monoisotopic (exact) mass is 452 g/mol. The van der Waals surface area contributed by atoms with E-state index in [9.17, 15) is 14.7 Å². The molecule has 33 heavy (non-hydrogen) atoms. The second kappa shape index (κ2) is 9.98. The van der Waals surface area contributed by atoms with Crippen molar-refractivity contribution in [3.05, 3.63) is 53.8 Å². The Kier molecular flexibility index (Phi) is 6.87. The van der Waals surface area contributed by atoms with Gasteiger partial charge in [-0.2, -0.15) is 0 Å². The fraction of sp³-hybridized carbons (Fsp3) is 0.385. The third-order valence-corrected chi connectivity index (χ3v) is 5.81.